The number of halogens is 1. The van der Waals surface area contributed by atoms with Gasteiger partial charge in [0.15, 0.2) is 17.3 Å². The van der Waals surface area contributed by atoms with Gasteiger partial charge in [0, 0.05) is 18.7 Å². The van der Waals surface area contributed by atoms with Crippen molar-refractivity contribution >= 4 is 0 Å². The summed E-state index contributed by atoms with van der Waals surface area (Å²) in [7, 11) is 3.28. The number of methoxy groups -OCH3 is 1. The number of rotatable bonds is 4. The molecule has 0 spiro atoms. The van der Waals surface area contributed by atoms with Crippen molar-refractivity contribution in [3.63, 3.8) is 0 Å². The third kappa shape index (κ3) is 2.78. The van der Waals surface area contributed by atoms with Gasteiger partial charge in [-0.1, -0.05) is 12.1 Å². The molecule has 1 aromatic heterocycles. The van der Waals surface area contributed by atoms with E-state index in [1.54, 1.807) is 42.1 Å². The lowest BCUT2D eigenvalue weighted by molar-refractivity contribution is 0.408. The Kier molecular flexibility index (Phi) is 4.12. The summed E-state index contributed by atoms with van der Waals surface area (Å²) in [6.45, 7) is 1.81. The molecule has 5 nitrogen and oxygen atoms in total. The lowest BCUT2D eigenvalue weighted by Crippen LogP contribution is -1.93. The maximum atomic E-state index is 13.9. The molecule has 3 rings (SSSR count). The van der Waals surface area contributed by atoms with E-state index < -0.39 is 5.82 Å². The number of hydrogen-bond donors (Lipinski definition) is 1. The van der Waals surface area contributed by atoms with Gasteiger partial charge in [0.2, 0.25) is 0 Å². The Morgan fingerprint density at radius 1 is 1.17 bits per heavy atom. The van der Waals surface area contributed by atoms with E-state index in [1.807, 2.05) is 6.92 Å². The Morgan fingerprint density at radius 2 is 1.92 bits per heavy atom. The first-order valence-corrected chi connectivity index (χ1v) is 7.34. The van der Waals surface area contributed by atoms with E-state index in [1.165, 1.54) is 19.2 Å². The minimum Gasteiger partial charge on any atom is -0.507 e. The third-order valence-corrected chi connectivity index (χ3v) is 3.79. The maximum Gasteiger partial charge on any atom is 0.176 e. The second-order valence-electron chi connectivity index (χ2n) is 5.30. The number of phenolic OH excluding ortho intramolecular Hbond substituents is 1. The minimum absolute atomic E-state index is 0.00540. The summed E-state index contributed by atoms with van der Waals surface area (Å²) in [6, 6.07) is 11.0. The van der Waals surface area contributed by atoms with E-state index in [-0.39, 0.29) is 11.5 Å². The van der Waals surface area contributed by atoms with E-state index in [0.29, 0.717) is 28.5 Å². The Labute approximate surface area is 138 Å². The fourth-order valence-corrected chi connectivity index (χ4v) is 2.36. The Balaban J connectivity index is 2.10. The van der Waals surface area contributed by atoms with E-state index in [4.69, 9.17) is 9.47 Å². The van der Waals surface area contributed by atoms with E-state index in [2.05, 4.69) is 5.10 Å². The molecule has 0 unspecified atom stereocenters. The molecule has 1 heterocycles. The van der Waals surface area contributed by atoms with Crippen LogP contribution in [0.3, 0.4) is 0 Å². The molecule has 3 aromatic rings. The molecule has 0 fully saturated rings. The standard InChI is InChI=1S/C18H17FN2O3/c1-11-18(24-16-7-5-4-6-14(16)19)17(20-21(11)2)13-9-8-12(23-3)10-15(13)22/h4-10,22H,1-3H3. The topological polar surface area (TPSA) is 56.5 Å². The van der Waals surface area contributed by atoms with Crippen LogP contribution in [0.25, 0.3) is 11.3 Å². The number of para-hydroxylation sites is 1. The molecule has 0 saturated carbocycles. The van der Waals surface area contributed by atoms with Crippen molar-refractivity contribution in [3.05, 3.63) is 54.0 Å². The first kappa shape index (κ1) is 15.9. The molecule has 24 heavy (non-hydrogen) atoms. The molecule has 124 valence electrons. The van der Waals surface area contributed by atoms with Crippen molar-refractivity contribution < 1.29 is 19.0 Å². The molecule has 0 amide bonds. The fourth-order valence-electron chi connectivity index (χ4n) is 2.36. The molecule has 0 aliphatic carbocycles. The lowest BCUT2D eigenvalue weighted by Gasteiger charge is -2.09. The molecular formula is C18H17FN2O3. The largest absolute Gasteiger partial charge is 0.507 e. The summed E-state index contributed by atoms with van der Waals surface area (Å²) in [5.74, 6) is 0.558. The van der Waals surface area contributed by atoms with Crippen LogP contribution in [0.1, 0.15) is 5.69 Å². The van der Waals surface area contributed by atoms with E-state index in [0.717, 1.165) is 0 Å². The van der Waals surface area contributed by atoms with E-state index in [9.17, 15) is 9.50 Å². The summed E-state index contributed by atoms with van der Waals surface area (Å²) in [4.78, 5) is 0. The second kappa shape index (κ2) is 6.23. The Bertz CT molecular complexity index is 890. The smallest absolute Gasteiger partial charge is 0.176 e. The predicted octanol–water partition coefficient (Wildman–Crippen LogP) is 4.04. The number of hydrogen-bond acceptors (Lipinski definition) is 4. The molecule has 6 heteroatoms. The highest BCUT2D eigenvalue weighted by atomic mass is 19.1. The normalized spacial score (nSPS) is 10.7. The average molecular weight is 328 g/mol. The van der Waals surface area contributed by atoms with Crippen LogP contribution in [-0.2, 0) is 7.05 Å². The zero-order valence-electron chi connectivity index (χ0n) is 13.6. The van der Waals surface area contributed by atoms with Crippen molar-refractivity contribution in [2.24, 2.45) is 7.05 Å². The number of aromatic hydroxyl groups is 1. The van der Waals surface area contributed by atoms with Gasteiger partial charge < -0.3 is 14.6 Å². The average Bonchev–Trinajstić information content (AvgIpc) is 2.85. The zero-order valence-corrected chi connectivity index (χ0v) is 13.6. The lowest BCUT2D eigenvalue weighted by atomic mass is 10.1. The van der Waals surface area contributed by atoms with Gasteiger partial charge in [-0.3, -0.25) is 4.68 Å². The van der Waals surface area contributed by atoms with Gasteiger partial charge in [0.05, 0.1) is 12.8 Å². The molecule has 1 N–H and O–H groups in total. The monoisotopic (exact) mass is 328 g/mol. The van der Waals surface area contributed by atoms with Gasteiger partial charge in [-0.05, 0) is 31.2 Å². The van der Waals surface area contributed by atoms with E-state index >= 15 is 0 Å². The van der Waals surface area contributed by atoms with Gasteiger partial charge in [0.1, 0.15) is 17.2 Å². The van der Waals surface area contributed by atoms with Crippen LogP contribution in [0.15, 0.2) is 42.5 Å². The number of nitrogens with zero attached hydrogens (tertiary/aromatic N) is 2. The van der Waals surface area contributed by atoms with Crippen molar-refractivity contribution in [3.8, 4) is 34.3 Å². The number of aryl methyl sites for hydroxylation is 1. The molecule has 2 aromatic carbocycles. The molecule has 0 radical (unpaired) electrons. The predicted molar refractivity (Wildman–Crippen MR) is 88.1 cm³/mol. The Morgan fingerprint density at radius 3 is 2.58 bits per heavy atom. The second-order valence-corrected chi connectivity index (χ2v) is 5.30. The highest BCUT2D eigenvalue weighted by molar-refractivity contribution is 5.74. The van der Waals surface area contributed by atoms with Crippen molar-refractivity contribution in [2.45, 2.75) is 6.92 Å². The van der Waals surface area contributed by atoms with Gasteiger partial charge >= 0.3 is 0 Å². The first-order chi connectivity index (χ1) is 11.5. The molecule has 0 aliphatic heterocycles. The number of phenols is 1. The van der Waals surface area contributed by atoms with Crippen LogP contribution in [-0.4, -0.2) is 22.0 Å². The van der Waals surface area contributed by atoms with Crippen molar-refractivity contribution in [1.29, 1.82) is 0 Å². The molecule has 0 atom stereocenters. The molecule has 0 aliphatic rings. The molecule has 0 bridgehead atoms. The van der Waals surface area contributed by atoms with Crippen LogP contribution < -0.4 is 9.47 Å². The molecular weight excluding hydrogens is 311 g/mol. The number of ether oxygens (including phenoxy) is 2. The van der Waals surface area contributed by atoms with Crippen LogP contribution in [0.4, 0.5) is 4.39 Å². The van der Waals surface area contributed by atoms with Gasteiger partial charge in [-0.25, -0.2) is 4.39 Å². The minimum atomic E-state index is -0.467. The van der Waals surface area contributed by atoms with Gasteiger partial charge in [-0.15, -0.1) is 0 Å². The summed E-state index contributed by atoms with van der Waals surface area (Å²) >= 11 is 0. The highest BCUT2D eigenvalue weighted by Crippen LogP contribution is 2.40. The van der Waals surface area contributed by atoms with Crippen molar-refractivity contribution in [1.82, 2.24) is 9.78 Å². The third-order valence-electron chi connectivity index (χ3n) is 3.79. The van der Waals surface area contributed by atoms with Gasteiger partial charge in [-0.2, -0.15) is 5.10 Å². The SMILES string of the molecule is COc1ccc(-c2nn(C)c(C)c2Oc2ccccc2F)c(O)c1. The summed E-state index contributed by atoms with van der Waals surface area (Å²) in [6.07, 6.45) is 0. The quantitative estimate of drug-likeness (QED) is 0.785. The highest BCUT2D eigenvalue weighted by Gasteiger charge is 2.21. The first-order valence-electron chi connectivity index (χ1n) is 7.34. The number of aromatic nitrogens is 2. The van der Waals surface area contributed by atoms with Crippen molar-refractivity contribution in [2.75, 3.05) is 7.11 Å². The zero-order chi connectivity index (χ0) is 17.3. The van der Waals surface area contributed by atoms with Crippen LogP contribution in [0, 0.1) is 12.7 Å². The van der Waals surface area contributed by atoms with Crippen LogP contribution in [0.5, 0.6) is 23.0 Å². The fraction of sp³-hybridized carbons (Fsp3) is 0.167. The number of benzene rings is 2. The summed E-state index contributed by atoms with van der Waals surface area (Å²) < 4.78 is 26.4. The summed E-state index contributed by atoms with van der Waals surface area (Å²) in [5.41, 5.74) is 1.62. The maximum absolute atomic E-state index is 13.9. The Hall–Kier alpha value is -3.02. The molecule has 0 saturated heterocycles. The summed E-state index contributed by atoms with van der Waals surface area (Å²) in [5, 5.41) is 14.7. The van der Waals surface area contributed by atoms with Gasteiger partial charge in [0.25, 0.3) is 0 Å². The van der Waals surface area contributed by atoms with Crippen LogP contribution in [0.2, 0.25) is 0 Å². The van der Waals surface area contributed by atoms with Crippen LogP contribution >= 0.6 is 0 Å².